The minimum atomic E-state index is -0.00416. The highest BCUT2D eigenvalue weighted by molar-refractivity contribution is 7.19. The van der Waals surface area contributed by atoms with Crippen LogP contribution in [-0.2, 0) is 4.79 Å². The van der Waals surface area contributed by atoms with Crippen molar-refractivity contribution in [2.45, 2.75) is 13.0 Å². The van der Waals surface area contributed by atoms with Crippen molar-refractivity contribution in [3.63, 3.8) is 0 Å². The van der Waals surface area contributed by atoms with Gasteiger partial charge in [-0.1, -0.05) is 47.6 Å². The van der Waals surface area contributed by atoms with Crippen LogP contribution in [0.4, 0.5) is 0 Å². The average molecular weight is 446 g/mol. The minimum absolute atomic E-state index is 0.00416. The number of thiazole rings is 1. The fraction of sp³-hybridized carbons (Fsp3) is 0.250. The molecule has 3 heterocycles. The Labute approximate surface area is 190 Å². The summed E-state index contributed by atoms with van der Waals surface area (Å²) in [6, 6.07) is 17.8. The lowest BCUT2D eigenvalue weighted by molar-refractivity contribution is -0.128. The molecule has 1 atom stereocenters. The first-order chi connectivity index (χ1) is 15.7. The van der Waals surface area contributed by atoms with Gasteiger partial charge < -0.3 is 9.42 Å². The first kappa shape index (κ1) is 20.5. The number of fused-ring (bicyclic) bond motifs is 1. The van der Waals surface area contributed by atoms with Crippen molar-refractivity contribution in [1.82, 2.24) is 24.9 Å². The third kappa shape index (κ3) is 4.32. The average Bonchev–Trinajstić information content (AvgIpc) is 3.50. The molecule has 0 spiro atoms. The van der Waals surface area contributed by atoms with Crippen LogP contribution in [0.2, 0.25) is 0 Å². The zero-order valence-corrected chi connectivity index (χ0v) is 18.5. The molecule has 4 aromatic rings. The maximum absolute atomic E-state index is 12.6. The molecule has 8 heteroatoms. The number of benzene rings is 2. The summed E-state index contributed by atoms with van der Waals surface area (Å²) >= 11 is 1.59. The predicted octanol–water partition coefficient (Wildman–Crippen LogP) is 4.26. The predicted molar refractivity (Wildman–Crippen MR) is 125 cm³/mol. The number of nitrogens with zero attached hydrogens (tertiary/aromatic N) is 5. The Morgan fingerprint density at radius 3 is 2.56 bits per heavy atom. The van der Waals surface area contributed by atoms with Crippen molar-refractivity contribution in [1.29, 1.82) is 0 Å². The summed E-state index contributed by atoms with van der Waals surface area (Å²) in [4.78, 5) is 25.9. The summed E-state index contributed by atoms with van der Waals surface area (Å²) < 4.78 is 6.64. The molecule has 7 nitrogen and oxygen atoms in total. The lowest BCUT2D eigenvalue weighted by atomic mass is 10.2. The summed E-state index contributed by atoms with van der Waals surface area (Å²) in [7, 11) is 0. The van der Waals surface area contributed by atoms with Gasteiger partial charge in [-0.2, -0.15) is 4.98 Å². The van der Waals surface area contributed by atoms with E-state index in [9.17, 15) is 4.79 Å². The highest BCUT2D eigenvalue weighted by Gasteiger charge is 2.27. The van der Waals surface area contributed by atoms with E-state index in [-0.39, 0.29) is 11.9 Å². The van der Waals surface area contributed by atoms with Gasteiger partial charge in [-0.25, -0.2) is 4.98 Å². The van der Waals surface area contributed by atoms with Crippen LogP contribution >= 0.6 is 11.3 Å². The fourth-order valence-corrected chi connectivity index (χ4v) is 4.67. The Morgan fingerprint density at radius 1 is 1.03 bits per heavy atom. The van der Waals surface area contributed by atoms with Crippen LogP contribution in [0, 0.1) is 0 Å². The van der Waals surface area contributed by atoms with E-state index in [1.807, 2.05) is 65.6 Å². The van der Waals surface area contributed by atoms with Crippen LogP contribution in [0.15, 0.2) is 65.2 Å². The van der Waals surface area contributed by atoms with Gasteiger partial charge in [0, 0.05) is 37.8 Å². The number of amides is 1. The Balaban J connectivity index is 1.17. The van der Waals surface area contributed by atoms with E-state index in [0.29, 0.717) is 24.8 Å². The van der Waals surface area contributed by atoms with Crippen molar-refractivity contribution in [3.8, 4) is 11.4 Å². The van der Waals surface area contributed by atoms with Crippen molar-refractivity contribution in [2.24, 2.45) is 0 Å². The van der Waals surface area contributed by atoms with Crippen LogP contribution in [0.5, 0.6) is 0 Å². The number of carbonyl (C=O) groups excluding carboxylic acids is 1. The largest absolute Gasteiger partial charge is 0.337 e. The SMILES string of the molecule is CC(c1nc(-c2ccccc2)no1)N1CCN(C(=O)/C=C/c2nc3ccccc3s2)CC1. The highest BCUT2D eigenvalue weighted by Crippen LogP contribution is 2.24. The number of hydrogen-bond acceptors (Lipinski definition) is 7. The van der Waals surface area contributed by atoms with Gasteiger partial charge in [0.15, 0.2) is 0 Å². The van der Waals surface area contributed by atoms with Gasteiger partial charge in [-0.3, -0.25) is 9.69 Å². The molecule has 1 aliphatic heterocycles. The molecule has 0 saturated carbocycles. The lowest BCUT2D eigenvalue weighted by Crippen LogP contribution is -2.48. The van der Waals surface area contributed by atoms with E-state index in [1.165, 1.54) is 0 Å². The van der Waals surface area contributed by atoms with Crippen molar-refractivity contribution in [3.05, 3.63) is 71.6 Å². The van der Waals surface area contributed by atoms with Crippen molar-refractivity contribution >= 4 is 33.5 Å². The second-order valence-corrected chi connectivity index (χ2v) is 8.77. The van der Waals surface area contributed by atoms with E-state index >= 15 is 0 Å². The first-order valence-corrected chi connectivity index (χ1v) is 11.4. The third-order valence-corrected chi connectivity index (χ3v) is 6.69. The van der Waals surface area contributed by atoms with E-state index in [1.54, 1.807) is 17.4 Å². The topological polar surface area (TPSA) is 75.4 Å². The molecule has 1 amide bonds. The quantitative estimate of drug-likeness (QED) is 0.427. The van der Waals surface area contributed by atoms with Crippen molar-refractivity contribution in [2.75, 3.05) is 26.2 Å². The number of carbonyl (C=O) groups is 1. The number of aromatic nitrogens is 3. The maximum Gasteiger partial charge on any atom is 0.246 e. The summed E-state index contributed by atoms with van der Waals surface area (Å²) in [5.41, 5.74) is 1.90. The molecule has 32 heavy (non-hydrogen) atoms. The second-order valence-electron chi connectivity index (χ2n) is 7.71. The van der Waals surface area contributed by atoms with E-state index in [2.05, 4.69) is 26.9 Å². The van der Waals surface area contributed by atoms with Crippen LogP contribution in [0.1, 0.15) is 23.9 Å². The van der Waals surface area contributed by atoms with Crippen LogP contribution < -0.4 is 0 Å². The van der Waals surface area contributed by atoms with Gasteiger partial charge in [0.1, 0.15) is 5.01 Å². The number of rotatable bonds is 5. The monoisotopic (exact) mass is 445 g/mol. The van der Waals surface area contributed by atoms with Crippen LogP contribution in [-0.4, -0.2) is 57.0 Å². The van der Waals surface area contributed by atoms with Gasteiger partial charge >= 0.3 is 0 Å². The van der Waals surface area contributed by atoms with Crippen LogP contribution in [0.25, 0.3) is 27.7 Å². The zero-order chi connectivity index (χ0) is 21.9. The summed E-state index contributed by atoms with van der Waals surface area (Å²) in [6.45, 7) is 4.89. The van der Waals surface area contributed by atoms with Gasteiger partial charge in [-0.05, 0) is 25.1 Å². The molecular formula is C24H23N5O2S. The molecule has 162 valence electrons. The van der Waals surface area contributed by atoms with Gasteiger partial charge in [0.05, 0.1) is 16.3 Å². The van der Waals surface area contributed by atoms with E-state index in [0.717, 1.165) is 33.9 Å². The third-order valence-electron chi connectivity index (χ3n) is 5.68. The Morgan fingerprint density at radius 2 is 1.78 bits per heavy atom. The smallest absolute Gasteiger partial charge is 0.246 e. The molecule has 2 aromatic carbocycles. The van der Waals surface area contributed by atoms with E-state index in [4.69, 9.17) is 4.52 Å². The molecule has 1 saturated heterocycles. The molecule has 1 unspecified atom stereocenters. The molecule has 1 fully saturated rings. The van der Waals surface area contributed by atoms with Gasteiger partial charge in [0.25, 0.3) is 0 Å². The standard InChI is InChI=1S/C24H23N5O2S/c1-17(24-26-23(27-31-24)18-7-3-2-4-8-18)28-13-15-29(16-14-28)22(30)12-11-21-25-19-9-5-6-10-20(19)32-21/h2-12,17H,13-16H2,1H3/b12-11+. The number of para-hydroxylation sites is 1. The lowest BCUT2D eigenvalue weighted by Gasteiger charge is -2.36. The molecule has 5 rings (SSSR count). The Hall–Kier alpha value is -3.36. The molecular weight excluding hydrogens is 422 g/mol. The number of hydrogen-bond donors (Lipinski definition) is 0. The summed E-state index contributed by atoms with van der Waals surface area (Å²) in [5.74, 6) is 1.21. The zero-order valence-electron chi connectivity index (χ0n) is 17.7. The Kier molecular flexibility index (Phi) is 5.79. The highest BCUT2D eigenvalue weighted by atomic mass is 32.1. The molecule has 1 aliphatic rings. The summed E-state index contributed by atoms with van der Waals surface area (Å²) in [5, 5.41) is 4.97. The minimum Gasteiger partial charge on any atom is -0.337 e. The normalized spacial score (nSPS) is 16.1. The molecule has 0 bridgehead atoms. The summed E-state index contributed by atoms with van der Waals surface area (Å²) in [6.07, 6.45) is 3.44. The first-order valence-electron chi connectivity index (χ1n) is 10.6. The molecule has 0 N–H and O–H groups in total. The molecule has 0 aliphatic carbocycles. The van der Waals surface area contributed by atoms with Gasteiger partial charge in [0.2, 0.25) is 17.6 Å². The maximum atomic E-state index is 12.6. The van der Waals surface area contributed by atoms with Crippen LogP contribution in [0.3, 0.4) is 0 Å². The molecule has 0 radical (unpaired) electrons. The van der Waals surface area contributed by atoms with E-state index < -0.39 is 0 Å². The second kappa shape index (κ2) is 9.02. The van der Waals surface area contributed by atoms with Gasteiger partial charge in [-0.15, -0.1) is 11.3 Å². The molecule has 2 aromatic heterocycles. The Bertz CT molecular complexity index is 1210. The fourth-order valence-electron chi connectivity index (χ4n) is 3.80. The van der Waals surface area contributed by atoms with Crippen molar-refractivity contribution < 1.29 is 9.32 Å². The number of piperazine rings is 1.